The van der Waals surface area contributed by atoms with E-state index in [0.717, 1.165) is 0 Å². The van der Waals surface area contributed by atoms with Gasteiger partial charge in [0, 0.05) is 0 Å². The summed E-state index contributed by atoms with van der Waals surface area (Å²) in [5.74, 6) is -1.48. The highest BCUT2D eigenvalue weighted by Gasteiger charge is 2.26. The van der Waals surface area contributed by atoms with Crippen LogP contribution in [0.15, 0.2) is 12.3 Å². The van der Waals surface area contributed by atoms with Crippen molar-refractivity contribution in [1.82, 2.24) is 0 Å². The minimum absolute atomic E-state index is 0.186. The van der Waals surface area contributed by atoms with E-state index in [1.165, 1.54) is 0 Å². The van der Waals surface area contributed by atoms with E-state index in [9.17, 15) is 4.57 Å². The molecule has 0 fully saturated rings. The lowest BCUT2D eigenvalue weighted by Gasteiger charge is -1.90. The van der Waals surface area contributed by atoms with Gasteiger partial charge in [0.2, 0.25) is 0 Å². The van der Waals surface area contributed by atoms with Gasteiger partial charge in [0.15, 0.2) is 0 Å². The molecule has 0 aromatic carbocycles. The number of nitrogens with two attached hydrogens (primary N) is 1. The van der Waals surface area contributed by atoms with Crippen molar-refractivity contribution in [1.29, 1.82) is 0 Å². The summed E-state index contributed by atoms with van der Waals surface area (Å²) in [5, 5.41) is 8.45. The minimum Gasteiger partial charge on any atom is -0.397 e. The van der Waals surface area contributed by atoms with Gasteiger partial charge in [-0.05, 0) is 4.57 Å². The first-order valence-corrected chi connectivity index (χ1v) is 3.11. The van der Waals surface area contributed by atoms with Crippen LogP contribution in [0.5, 0.6) is 0 Å². The Hall–Kier alpha value is -0.440. The summed E-state index contributed by atoms with van der Waals surface area (Å²) in [4.78, 5) is 8.11. The molecule has 0 radical (unpaired) electrons. The minimum atomic E-state index is -2.62. The van der Waals surface area contributed by atoms with E-state index in [4.69, 9.17) is 15.7 Å². The van der Waals surface area contributed by atoms with Crippen LogP contribution in [0.2, 0.25) is 0 Å². The van der Waals surface area contributed by atoms with E-state index >= 15 is 0 Å². The van der Waals surface area contributed by atoms with Crippen LogP contribution in [-0.2, 0) is 4.57 Å². The molecule has 0 amide bonds. The standard InChI is InChI=1S/C3H6NO3P/c1-2(4)3(5)8(6)7/h3,5H,1,4H2/p+1. The summed E-state index contributed by atoms with van der Waals surface area (Å²) in [5.41, 5.74) is 4.66. The van der Waals surface area contributed by atoms with Crippen molar-refractivity contribution in [2.45, 2.75) is 5.85 Å². The fourth-order valence-corrected chi connectivity index (χ4v) is 0.426. The van der Waals surface area contributed by atoms with Crippen molar-refractivity contribution in [2.75, 3.05) is 0 Å². The molecule has 0 heterocycles. The van der Waals surface area contributed by atoms with Gasteiger partial charge in [-0.15, -0.1) is 0 Å². The van der Waals surface area contributed by atoms with Crippen LogP contribution in [0.25, 0.3) is 0 Å². The molecule has 0 bridgehead atoms. The summed E-state index contributed by atoms with van der Waals surface area (Å²) in [6.07, 6.45) is 0. The Morgan fingerprint density at radius 1 is 1.88 bits per heavy atom. The lowest BCUT2D eigenvalue weighted by Crippen LogP contribution is -2.11. The second-order valence-electron chi connectivity index (χ2n) is 1.25. The number of rotatable bonds is 2. The van der Waals surface area contributed by atoms with Crippen LogP contribution in [0.3, 0.4) is 0 Å². The lowest BCUT2D eigenvalue weighted by molar-refractivity contribution is 0.269. The Bertz CT molecular complexity index is 110. The van der Waals surface area contributed by atoms with Gasteiger partial charge < -0.3 is 10.8 Å². The van der Waals surface area contributed by atoms with Gasteiger partial charge in [0.1, 0.15) is 0 Å². The van der Waals surface area contributed by atoms with Crippen molar-refractivity contribution in [2.24, 2.45) is 5.73 Å². The zero-order valence-electron chi connectivity index (χ0n) is 4.11. The number of aliphatic hydroxyl groups is 1. The first kappa shape index (κ1) is 7.56. The number of hydrogen-bond donors (Lipinski definition) is 3. The first-order chi connectivity index (χ1) is 3.55. The zero-order valence-corrected chi connectivity index (χ0v) is 5.01. The highest BCUT2D eigenvalue weighted by molar-refractivity contribution is 7.38. The molecule has 0 aromatic heterocycles. The molecule has 0 aliphatic carbocycles. The van der Waals surface area contributed by atoms with Crippen LogP contribution in [0.4, 0.5) is 0 Å². The third-order valence-corrected chi connectivity index (χ3v) is 1.29. The maximum Gasteiger partial charge on any atom is 0.544 e. The Labute approximate surface area is 47.5 Å². The molecule has 4 nitrogen and oxygen atoms in total. The van der Waals surface area contributed by atoms with E-state index in [0.29, 0.717) is 0 Å². The summed E-state index contributed by atoms with van der Waals surface area (Å²) in [6, 6.07) is 0. The smallest absolute Gasteiger partial charge is 0.397 e. The topological polar surface area (TPSA) is 83.5 Å². The van der Waals surface area contributed by atoms with Crippen molar-refractivity contribution in [3.05, 3.63) is 12.3 Å². The van der Waals surface area contributed by atoms with Crippen molar-refractivity contribution in [3.63, 3.8) is 0 Å². The highest BCUT2D eigenvalue weighted by atomic mass is 31.1. The molecular formula is C3H7NO3P+. The van der Waals surface area contributed by atoms with Gasteiger partial charge in [-0.2, -0.15) is 4.89 Å². The molecular weight excluding hydrogens is 129 g/mol. The summed E-state index contributed by atoms with van der Waals surface area (Å²) in [6.45, 7) is 3.06. The van der Waals surface area contributed by atoms with Gasteiger partial charge in [-0.1, -0.05) is 6.58 Å². The van der Waals surface area contributed by atoms with Crippen LogP contribution < -0.4 is 5.73 Å². The molecule has 2 unspecified atom stereocenters. The summed E-state index contributed by atoms with van der Waals surface area (Å²) in [7, 11) is -2.62. The van der Waals surface area contributed by atoms with E-state index in [-0.39, 0.29) is 5.70 Å². The molecule has 46 valence electrons. The maximum atomic E-state index is 9.90. The molecule has 0 saturated carbocycles. The average molecular weight is 136 g/mol. The molecule has 0 aromatic rings. The average Bonchev–Trinajstić information content (AvgIpc) is 1.64. The quantitative estimate of drug-likeness (QED) is 0.447. The maximum absolute atomic E-state index is 9.90. The van der Waals surface area contributed by atoms with Crippen molar-refractivity contribution < 1.29 is 14.6 Å². The van der Waals surface area contributed by atoms with Gasteiger partial charge in [0.25, 0.3) is 0 Å². The van der Waals surface area contributed by atoms with E-state index in [1.807, 2.05) is 0 Å². The Balaban J connectivity index is 3.83. The molecule has 0 spiro atoms. The van der Waals surface area contributed by atoms with Gasteiger partial charge in [0.05, 0.1) is 5.70 Å². The Morgan fingerprint density at radius 2 is 2.25 bits per heavy atom. The Kier molecular flexibility index (Phi) is 2.62. The third-order valence-electron chi connectivity index (χ3n) is 0.541. The molecule has 0 aliphatic rings. The molecule has 0 rings (SSSR count). The van der Waals surface area contributed by atoms with Crippen LogP contribution in [0, 0.1) is 0 Å². The lowest BCUT2D eigenvalue weighted by atomic mass is 10.6. The second kappa shape index (κ2) is 2.77. The predicted octanol–water partition coefficient (Wildman–Crippen LogP) is -0.488. The first-order valence-electron chi connectivity index (χ1n) is 1.83. The van der Waals surface area contributed by atoms with Gasteiger partial charge in [-0.3, -0.25) is 0 Å². The molecule has 2 atom stereocenters. The van der Waals surface area contributed by atoms with Crippen molar-refractivity contribution >= 4 is 8.03 Å². The van der Waals surface area contributed by atoms with E-state index < -0.39 is 13.9 Å². The van der Waals surface area contributed by atoms with E-state index in [1.54, 1.807) is 0 Å². The monoisotopic (exact) mass is 136 g/mol. The number of aliphatic hydroxyl groups excluding tert-OH is 1. The second-order valence-corrected chi connectivity index (χ2v) is 2.35. The zero-order chi connectivity index (χ0) is 6.73. The number of hydrogen-bond acceptors (Lipinski definition) is 3. The SMILES string of the molecule is C=C(N)C(O)[P+](=O)O. The third kappa shape index (κ3) is 2.02. The molecule has 4 N–H and O–H groups in total. The largest absolute Gasteiger partial charge is 0.544 e. The summed E-state index contributed by atoms with van der Waals surface area (Å²) >= 11 is 0. The van der Waals surface area contributed by atoms with Crippen LogP contribution in [-0.4, -0.2) is 15.8 Å². The summed E-state index contributed by atoms with van der Waals surface area (Å²) < 4.78 is 9.90. The molecule has 5 heteroatoms. The van der Waals surface area contributed by atoms with Crippen molar-refractivity contribution in [3.8, 4) is 0 Å². The fourth-order valence-electron chi connectivity index (χ4n) is 0.142. The molecule has 8 heavy (non-hydrogen) atoms. The van der Waals surface area contributed by atoms with Gasteiger partial charge >= 0.3 is 13.9 Å². The normalized spacial score (nSPS) is 15.0. The van der Waals surface area contributed by atoms with Gasteiger partial charge in [-0.25, -0.2) is 0 Å². The predicted molar refractivity (Wildman–Crippen MR) is 29.2 cm³/mol. The molecule has 0 saturated heterocycles. The Morgan fingerprint density at radius 3 is 2.25 bits per heavy atom. The fraction of sp³-hybridized carbons (Fsp3) is 0.333. The van der Waals surface area contributed by atoms with E-state index in [2.05, 4.69) is 6.58 Å². The van der Waals surface area contributed by atoms with Crippen LogP contribution >= 0.6 is 8.03 Å². The van der Waals surface area contributed by atoms with Crippen LogP contribution in [0.1, 0.15) is 0 Å². The highest BCUT2D eigenvalue weighted by Crippen LogP contribution is 2.22. The molecule has 0 aliphatic heterocycles.